The summed E-state index contributed by atoms with van der Waals surface area (Å²) in [5.74, 6) is -0.993. The minimum Gasteiger partial charge on any atom is -0.548 e. The van der Waals surface area contributed by atoms with Crippen LogP contribution in [0.1, 0.15) is 34.1 Å². The predicted molar refractivity (Wildman–Crippen MR) is 55.8 cm³/mol. The van der Waals surface area contributed by atoms with Crippen molar-refractivity contribution in [1.82, 2.24) is 5.32 Å². The molecule has 0 aromatic rings. The van der Waals surface area contributed by atoms with Crippen LogP contribution in [0.15, 0.2) is 11.8 Å². The molecule has 0 heterocycles. The third-order valence-electron chi connectivity index (χ3n) is 1.81. The molecule has 0 aromatic heterocycles. The van der Waals surface area contributed by atoms with Crippen LogP contribution in [0.5, 0.6) is 0 Å². The molecule has 0 fully saturated rings. The fourth-order valence-electron chi connectivity index (χ4n) is 1.31. The first-order valence-electron chi connectivity index (χ1n) is 4.99. The van der Waals surface area contributed by atoms with Crippen LogP contribution in [-0.4, -0.2) is 17.8 Å². The monoisotopic (exact) mass is 251 g/mol. The Kier molecular flexibility index (Phi) is 10.9. The van der Waals surface area contributed by atoms with Gasteiger partial charge in [0, 0.05) is 5.70 Å². The molecule has 86 valence electrons. The molecule has 0 amide bonds. The van der Waals surface area contributed by atoms with Crippen molar-refractivity contribution in [2.24, 2.45) is 5.92 Å². The van der Waals surface area contributed by atoms with Crippen LogP contribution < -0.4 is 61.8 Å². The smallest absolute Gasteiger partial charge is 0.548 e. The van der Waals surface area contributed by atoms with Gasteiger partial charge in [-0.2, -0.15) is 0 Å². The third-order valence-corrected chi connectivity index (χ3v) is 1.81. The van der Waals surface area contributed by atoms with Crippen molar-refractivity contribution in [2.45, 2.75) is 40.2 Å². The van der Waals surface area contributed by atoms with E-state index in [1.807, 2.05) is 13.8 Å². The summed E-state index contributed by atoms with van der Waals surface area (Å²) in [7, 11) is 0. The first kappa shape index (κ1) is 18.7. The van der Waals surface area contributed by atoms with Crippen molar-refractivity contribution in [3.63, 3.8) is 0 Å². The molecule has 0 saturated carbocycles. The van der Waals surface area contributed by atoms with Crippen molar-refractivity contribution < 1.29 is 66.1 Å². The van der Waals surface area contributed by atoms with Gasteiger partial charge in [0.15, 0.2) is 5.78 Å². The summed E-state index contributed by atoms with van der Waals surface area (Å²) >= 11 is 0. The number of carboxylic acid groups (broad SMARTS) is 1. The molecule has 16 heavy (non-hydrogen) atoms. The van der Waals surface area contributed by atoms with Crippen LogP contribution in [0, 0.1) is 5.92 Å². The maximum Gasteiger partial charge on any atom is 1.00 e. The standard InChI is InChI=1S/C11H19NO3.K/c1-7(2)5-10(11(14)15)12-8(3)6-9(4)13;/h6-7,10,12H,5H2,1-4H3,(H,14,15);/q;+1/p-1/b8-6-;. The third kappa shape index (κ3) is 9.54. The zero-order valence-corrected chi connectivity index (χ0v) is 13.8. The van der Waals surface area contributed by atoms with Gasteiger partial charge in [0.05, 0.1) is 12.0 Å². The first-order valence-corrected chi connectivity index (χ1v) is 4.99. The largest absolute Gasteiger partial charge is 1.00 e. The van der Waals surface area contributed by atoms with E-state index in [0.717, 1.165) is 0 Å². The van der Waals surface area contributed by atoms with Crippen molar-refractivity contribution in [2.75, 3.05) is 0 Å². The molecule has 0 bridgehead atoms. The molecule has 0 aromatic carbocycles. The molecule has 0 saturated heterocycles. The summed E-state index contributed by atoms with van der Waals surface area (Å²) in [5.41, 5.74) is 0.553. The zero-order chi connectivity index (χ0) is 12.0. The van der Waals surface area contributed by atoms with Crippen molar-refractivity contribution >= 4 is 11.8 Å². The second-order valence-electron chi connectivity index (χ2n) is 4.08. The van der Waals surface area contributed by atoms with E-state index in [1.54, 1.807) is 6.92 Å². The Labute approximate surface area is 139 Å². The van der Waals surface area contributed by atoms with E-state index in [4.69, 9.17) is 0 Å². The molecular formula is C11H18KNO3. The Morgan fingerprint density at radius 1 is 1.31 bits per heavy atom. The summed E-state index contributed by atoms with van der Waals surface area (Å²) < 4.78 is 0. The number of rotatable bonds is 6. The molecule has 4 nitrogen and oxygen atoms in total. The van der Waals surface area contributed by atoms with Crippen LogP contribution in [-0.2, 0) is 9.59 Å². The van der Waals surface area contributed by atoms with Crippen LogP contribution in [0.25, 0.3) is 0 Å². The number of carbonyl (C=O) groups excluding carboxylic acids is 2. The summed E-state index contributed by atoms with van der Waals surface area (Å²) in [4.78, 5) is 21.5. The van der Waals surface area contributed by atoms with Gasteiger partial charge in [-0.25, -0.2) is 0 Å². The van der Waals surface area contributed by atoms with Gasteiger partial charge in [-0.1, -0.05) is 13.8 Å². The SMILES string of the molecule is CC(=O)/C=C(/C)NC(CC(C)C)C(=O)[O-].[K+]. The molecule has 1 atom stereocenters. The van der Waals surface area contributed by atoms with Crippen LogP contribution in [0.2, 0.25) is 0 Å². The number of aliphatic carboxylic acids is 1. The maximum absolute atomic E-state index is 10.8. The molecule has 5 heteroatoms. The minimum atomic E-state index is -1.14. The number of hydrogen-bond donors (Lipinski definition) is 1. The second kappa shape index (κ2) is 9.36. The van der Waals surface area contributed by atoms with Crippen molar-refractivity contribution in [1.29, 1.82) is 0 Å². The van der Waals surface area contributed by atoms with Gasteiger partial charge in [0.1, 0.15) is 0 Å². The molecule has 1 N–H and O–H groups in total. The topological polar surface area (TPSA) is 69.2 Å². The van der Waals surface area contributed by atoms with Gasteiger partial charge < -0.3 is 15.2 Å². The quantitative estimate of drug-likeness (QED) is 0.410. The average Bonchev–Trinajstić information content (AvgIpc) is 1.99. The van der Waals surface area contributed by atoms with E-state index in [9.17, 15) is 14.7 Å². The van der Waals surface area contributed by atoms with Crippen molar-refractivity contribution in [3.8, 4) is 0 Å². The van der Waals surface area contributed by atoms with E-state index < -0.39 is 12.0 Å². The molecule has 0 aliphatic heterocycles. The maximum atomic E-state index is 10.8. The zero-order valence-electron chi connectivity index (χ0n) is 10.7. The molecular weight excluding hydrogens is 233 g/mol. The minimum absolute atomic E-state index is 0. The Morgan fingerprint density at radius 3 is 2.12 bits per heavy atom. The Balaban J connectivity index is 0. The van der Waals surface area contributed by atoms with E-state index >= 15 is 0 Å². The Morgan fingerprint density at radius 2 is 1.81 bits per heavy atom. The van der Waals surface area contributed by atoms with Gasteiger partial charge >= 0.3 is 51.4 Å². The number of ketones is 1. The van der Waals surface area contributed by atoms with Crippen LogP contribution >= 0.6 is 0 Å². The van der Waals surface area contributed by atoms with Gasteiger partial charge in [0.2, 0.25) is 0 Å². The molecule has 0 spiro atoms. The van der Waals surface area contributed by atoms with Gasteiger partial charge in [-0.15, -0.1) is 0 Å². The number of nitrogens with one attached hydrogen (secondary N) is 1. The summed E-state index contributed by atoms with van der Waals surface area (Å²) in [5, 5.41) is 13.5. The second-order valence-corrected chi connectivity index (χ2v) is 4.08. The van der Waals surface area contributed by atoms with Crippen LogP contribution in [0.3, 0.4) is 0 Å². The van der Waals surface area contributed by atoms with Crippen LogP contribution in [0.4, 0.5) is 0 Å². The van der Waals surface area contributed by atoms with Gasteiger partial charge in [0.25, 0.3) is 0 Å². The van der Waals surface area contributed by atoms with E-state index in [0.29, 0.717) is 12.1 Å². The molecule has 0 aliphatic rings. The number of hydrogen-bond acceptors (Lipinski definition) is 4. The van der Waals surface area contributed by atoms with Gasteiger partial charge in [-0.05, 0) is 32.3 Å². The summed E-state index contributed by atoms with van der Waals surface area (Å²) in [6.45, 7) is 6.95. The average molecular weight is 251 g/mol. The normalized spacial score (nSPS) is 12.9. The van der Waals surface area contributed by atoms with E-state index in [2.05, 4.69) is 5.32 Å². The van der Waals surface area contributed by atoms with Crippen molar-refractivity contribution in [3.05, 3.63) is 11.8 Å². The Hall–Kier alpha value is 0.316. The molecule has 0 rings (SSSR count). The molecule has 1 unspecified atom stereocenters. The fourth-order valence-corrected chi connectivity index (χ4v) is 1.31. The number of allylic oxidation sites excluding steroid dienone is 2. The summed E-state index contributed by atoms with van der Waals surface area (Å²) in [6.07, 6.45) is 1.85. The number of carboxylic acids is 1. The first-order chi connectivity index (χ1) is 6.82. The Bertz CT molecular complexity index is 274. The predicted octanol–water partition coefficient (Wildman–Crippen LogP) is -2.76. The number of carbonyl (C=O) groups is 2. The molecule has 0 aliphatic carbocycles. The van der Waals surface area contributed by atoms with E-state index in [1.165, 1.54) is 13.0 Å². The summed E-state index contributed by atoms with van der Waals surface area (Å²) in [6, 6.07) is -0.736. The van der Waals surface area contributed by atoms with E-state index in [-0.39, 0.29) is 63.1 Å². The van der Waals surface area contributed by atoms with Gasteiger partial charge in [-0.3, -0.25) is 4.79 Å². The molecule has 0 radical (unpaired) electrons. The fraction of sp³-hybridized carbons (Fsp3) is 0.636.